The van der Waals surface area contributed by atoms with Crippen molar-refractivity contribution >= 4 is 30.0 Å². The number of likely N-dealkylation sites (tertiary alicyclic amines) is 1. The number of nitrogens with zero attached hydrogens (tertiary/aromatic N) is 1. The van der Waals surface area contributed by atoms with E-state index in [4.69, 9.17) is 33.2 Å². The number of fused-ring (bicyclic) bond motifs is 3. The van der Waals surface area contributed by atoms with Crippen molar-refractivity contribution in [2.45, 2.75) is 89.5 Å². The maximum absolute atomic E-state index is 13.9. The fourth-order valence-corrected chi connectivity index (χ4v) is 7.09. The predicted octanol–water partition coefficient (Wildman–Crippen LogP) is 4.68. The van der Waals surface area contributed by atoms with Crippen molar-refractivity contribution in [2.24, 2.45) is 0 Å². The molecule has 1 aliphatic carbocycles. The highest BCUT2D eigenvalue weighted by atomic mass is 16.7. The Morgan fingerprint density at radius 1 is 0.712 bits per heavy atom. The van der Waals surface area contributed by atoms with E-state index in [1.165, 1.54) is 18.7 Å². The van der Waals surface area contributed by atoms with Crippen LogP contribution >= 0.6 is 0 Å². The molecule has 2 heterocycles. The smallest absolute Gasteiger partial charge is 0.410 e. The SMILES string of the molecule is CC(=O)O[C@@H]1[C@@H](OC(C)=O)[C@H](C)O[C@@H](O[C@@H]2C[C@@H](C(=O)OCc3ccccc3)N(C(=O)OCC3c4ccccc4-c4ccccc43)C2)[C@@H]1OC(C)=O. The van der Waals surface area contributed by atoms with Crippen LogP contribution in [-0.2, 0) is 58.9 Å². The molecule has 52 heavy (non-hydrogen) atoms. The fraction of sp³-hybridized carbons (Fsp3) is 0.410. The Bertz CT molecular complexity index is 1750. The molecule has 0 aromatic heterocycles. The summed E-state index contributed by atoms with van der Waals surface area (Å²) in [5.41, 5.74) is 4.98. The maximum atomic E-state index is 13.9. The molecular weight excluding hydrogens is 674 g/mol. The summed E-state index contributed by atoms with van der Waals surface area (Å²) in [5, 5.41) is 0. The van der Waals surface area contributed by atoms with Gasteiger partial charge in [0.05, 0.1) is 18.8 Å². The second-order valence-corrected chi connectivity index (χ2v) is 13.0. The van der Waals surface area contributed by atoms with Gasteiger partial charge in [-0.1, -0.05) is 78.9 Å². The van der Waals surface area contributed by atoms with Gasteiger partial charge in [0.1, 0.15) is 19.3 Å². The van der Waals surface area contributed by atoms with E-state index in [1.54, 1.807) is 6.92 Å². The Balaban J connectivity index is 1.22. The van der Waals surface area contributed by atoms with Crippen molar-refractivity contribution in [3.8, 4) is 11.1 Å². The Morgan fingerprint density at radius 3 is 1.88 bits per heavy atom. The minimum atomic E-state index is -1.35. The van der Waals surface area contributed by atoms with Crippen molar-refractivity contribution in [1.82, 2.24) is 4.90 Å². The number of rotatable bonds is 10. The summed E-state index contributed by atoms with van der Waals surface area (Å²) in [6, 6.07) is 24.0. The molecule has 2 fully saturated rings. The third-order valence-electron chi connectivity index (χ3n) is 9.29. The van der Waals surface area contributed by atoms with E-state index in [1.807, 2.05) is 78.9 Å². The molecule has 2 saturated heterocycles. The van der Waals surface area contributed by atoms with E-state index in [2.05, 4.69) is 0 Å². The van der Waals surface area contributed by atoms with Crippen LogP contribution in [0.15, 0.2) is 78.9 Å². The highest BCUT2D eigenvalue weighted by Crippen LogP contribution is 2.44. The molecule has 6 rings (SSSR count). The lowest BCUT2D eigenvalue weighted by molar-refractivity contribution is -0.309. The van der Waals surface area contributed by atoms with Crippen LogP contribution in [0.5, 0.6) is 0 Å². The minimum Gasteiger partial charge on any atom is -0.459 e. The number of ether oxygens (including phenoxy) is 7. The third kappa shape index (κ3) is 8.11. The molecular formula is C39H41NO12. The van der Waals surface area contributed by atoms with Crippen molar-refractivity contribution in [1.29, 1.82) is 0 Å². The summed E-state index contributed by atoms with van der Waals surface area (Å²) in [5.74, 6) is -2.98. The topological polar surface area (TPSA) is 153 Å². The Hall–Kier alpha value is -5.27. The van der Waals surface area contributed by atoms with Crippen molar-refractivity contribution in [3.05, 3.63) is 95.6 Å². The van der Waals surface area contributed by atoms with Crippen molar-refractivity contribution in [2.75, 3.05) is 13.2 Å². The average Bonchev–Trinajstić information content (AvgIpc) is 3.69. The number of esters is 4. The summed E-state index contributed by atoms with van der Waals surface area (Å²) in [4.78, 5) is 65.0. The van der Waals surface area contributed by atoms with Crippen LogP contribution in [0.25, 0.3) is 11.1 Å². The first-order valence-corrected chi connectivity index (χ1v) is 17.1. The van der Waals surface area contributed by atoms with Gasteiger partial charge in [-0.3, -0.25) is 19.3 Å². The minimum absolute atomic E-state index is 0.00947. The molecule has 0 unspecified atom stereocenters. The van der Waals surface area contributed by atoms with Crippen LogP contribution in [0.2, 0.25) is 0 Å². The first-order chi connectivity index (χ1) is 25.0. The zero-order valence-electron chi connectivity index (χ0n) is 29.3. The summed E-state index contributed by atoms with van der Waals surface area (Å²) >= 11 is 0. The number of carbonyl (C=O) groups is 5. The largest absolute Gasteiger partial charge is 0.459 e. The van der Waals surface area contributed by atoms with E-state index < -0.39 is 72.8 Å². The highest BCUT2D eigenvalue weighted by Gasteiger charge is 2.53. The van der Waals surface area contributed by atoms with E-state index in [-0.39, 0.29) is 32.1 Å². The summed E-state index contributed by atoms with van der Waals surface area (Å²) in [6.45, 7) is 5.02. The van der Waals surface area contributed by atoms with Gasteiger partial charge in [-0.15, -0.1) is 0 Å². The second-order valence-electron chi connectivity index (χ2n) is 13.0. The van der Waals surface area contributed by atoms with Gasteiger partial charge in [-0.05, 0) is 34.7 Å². The predicted molar refractivity (Wildman–Crippen MR) is 182 cm³/mol. The molecule has 13 nitrogen and oxygen atoms in total. The summed E-state index contributed by atoms with van der Waals surface area (Å²) < 4.78 is 40.4. The molecule has 1 amide bonds. The number of benzene rings is 3. The molecule has 0 spiro atoms. The van der Waals surface area contributed by atoms with Gasteiger partial charge in [-0.2, -0.15) is 0 Å². The first-order valence-electron chi connectivity index (χ1n) is 17.1. The lowest BCUT2D eigenvalue weighted by Gasteiger charge is -2.43. The molecule has 13 heteroatoms. The Labute approximate surface area is 301 Å². The molecule has 3 aromatic carbocycles. The van der Waals surface area contributed by atoms with E-state index in [0.29, 0.717) is 0 Å². The molecule has 274 valence electrons. The van der Waals surface area contributed by atoms with Crippen LogP contribution in [0.4, 0.5) is 4.79 Å². The van der Waals surface area contributed by atoms with Gasteiger partial charge < -0.3 is 33.2 Å². The molecule has 0 saturated carbocycles. The van der Waals surface area contributed by atoms with Gasteiger partial charge in [0.15, 0.2) is 24.6 Å². The van der Waals surface area contributed by atoms with Crippen molar-refractivity contribution < 1.29 is 57.1 Å². The highest BCUT2D eigenvalue weighted by molar-refractivity contribution is 5.83. The number of amides is 1. The molecule has 3 aliphatic rings. The standard InChI is InChI=1S/C39H41NO12/c1-22-34(49-23(2)41)35(50-24(3)42)36(51-25(4)43)38(48-22)52-27-18-33(37(44)46-20-26-12-6-5-7-13-26)40(19-27)39(45)47-21-32-30-16-10-8-14-28(30)29-15-9-11-17-31(29)32/h5-17,22,27,32-36,38H,18-21H2,1-4H3/t22-,27+,33-,34-,35+,36+,38-/m0/s1. The van der Waals surface area contributed by atoms with Gasteiger partial charge in [0.25, 0.3) is 0 Å². The lowest BCUT2D eigenvalue weighted by atomic mass is 9.98. The quantitative estimate of drug-likeness (QED) is 0.212. The van der Waals surface area contributed by atoms with Gasteiger partial charge in [0.2, 0.25) is 0 Å². The lowest BCUT2D eigenvalue weighted by Crippen LogP contribution is -2.61. The monoisotopic (exact) mass is 715 g/mol. The molecule has 3 aromatic rings. The normalized spacial score (nSPS) is 25.0. The second kappa shape index (κ2) is 16.0. The number of hydrogen-bond acceptors (Lipinski definition) is 12. The van der Waals surface area contributed by atoms with Crippen LogP contribution in [-0.4, -0.2) is 90.9 Å². The zero-order chi connectivity index (χ0) is 36.9. The average molecular weight is 716 g/mol. The fourth-order valence-electron chi connectivity index (χ4n) is 7.09. The number of carbonyl (C=O) groups excluding carboxylic acids is 5. The van der Waals surface area contributed by atoms with Crippen LogP contribution in [0, 0.1) is 0 Å². The third-order valence-corrected chi connectivity index (χ3v) is 9.29. The first kappa shape index (κ1) is 36.5. The maximum Gasteiger partial charge on any atom is 0.410 e. The Morgan fingerprint density at radius 2 is 1.27 bits per heavy atom. The van der Waals surface area contributed by atoms with E-state index in [0.717, 1.165) is 34.7 Å². The summed E-state index contributed by atoms with van der Waals surface area (Å²) in [7, 11) is 0. The van der Waals surface area contributed by atoms with Gasteiger partial charge in [-0.25, -0.2) is 9.59 Å². The van der Waals surface area contributed by atoms with Crippen LogP contribution in [0.1, 0.15) is 56.7 Å². The summed E-state index contributed by atoms with van der Waals surface area (Å²) in [6.07, 6.45) is -7.53. The Kier molecular flexibility index (Phi) is 11.2. The van der Waals surface area contributed by atoms with Crippen molar-refractivity contribution in [3.63, 3.8) is 0 Å². The molecule has 0 radical (unpaired) electrons. The molecule has 7 atom stereocenters. The zero-order valence-corrected chi connectivity index (χ0v) is 29.3. The van der Waals surface area contributed by atoms with Gasteiger partial charge in [0, 0.05) is 33.1 Å². The van der Waals surface area contributed by atoms with Gasteiger partial charge >= 0.3 is 30.0 Å². The molecule has 2 aliphatic heterocycles. The van der Waals surface area contributed by atoms with E-state index in [9.17, 15) is 24.0 Å². The number of hydrogen-bond donors (Lipinski definition) is 0. The molecule has 0 N–H and O–H groups in total. The van der Waals surface area contributed by atoms with Crippen LogP contribution < -0.4 is 0 Å². The van der Waals surface area contributed by atoms with E-state index >= 15 is 0 Å². The molecule has 0 bridgehead atoms. The van der Waals surface area contributed by atoms with Crippen LogP contribution in [0.3, 0.4) is 0 Å².